The van der Waals surface area contributed by atoms with Gasteiger partial charge < -0.3 is 0 Å². The number of amides is 2. The molecule has 0 radical (unpaired) electrons. The molecular formula is C10H10N2O3S. The zero-order chi connectivity index (χ0) is 11.8. The number of anilines is 1. The minimum absolute atomic E-state index is 0.108. The molecular weight excluding hydrogens is 228 g/mol. The van der Waals surface area contributed by atoms with Crippen LogP contribution in [0, 0.1) is 0 Å². The van der Waals surface area contributed by atoms with Gasteiger partial charge >= 0.3 is 6.03 Å². The van der Waals surface area contributed by atoms with Gasteiger partial charge in [0.15, 0.2) is 0 Å². The average molecular weight is 238 g/mol. The molecule has 6 heteroatoms. The maximum absolute atomic E-state index is 11.6. The second-order valence-corrected chi connectivity index (χ2v) is 4.93. The first-order valence-corrected chi connectivity index (χ1v) is 6.09. The molecule has 0 unspecified atom stereocenters. The summed E-state index contributed by atoms with van der Waals surface area (Å²) >= 11 is 0. The first kappa shape index (κ1) is 10.7. The summed E-state index contributed by atoms with van der Waals surface area (Å²) in [4.78, 5) is 13.0. The van der Waals surface area contributed by atoms with Crippen LogP contribution in [0.4, 0.5) is 10.5 Å². The molecule has 0 aliphatic carbocycles. The number of nitrogens with zero attached hydrogens (tertiary/aromatic N) is 1. The van der Waals surface area contributed by atoms with E-state index < -0.39 is 16.1 Å². The van der Waals surface area contributed by atoms with Crippen molar-refractivity contribution in [2.75, 3.05) is 11.4 Å². The van der Waals surface area contributed by atoms with Gasteiger partial charge in [-0.25, -0.2) is 17.9 Å². The van der Waals surface area contributed by atoms with Gasteiger partial charge in [0, 0.05) is 6.54 Å². The minimum atomic E-state index is -3.72. The fraction of sp³-hybridized carbons (Fsp3) is 0.100. The molecule has 0 saturated carbocycles. The third-order valence-corrected chi connectivity index (χ3v) is 3.59. The Bertz CT molecular complexity index is 551. The van der Waals surface area contributed by atoms with Crippen LogP contribution in [0.15, 0.2) is 41.8 Å². The van der Waals surface area contributed by atoms with Crippen molar-refractivity contribution in [3.05, 3.63) is 36.9 Å². The van der Waals surface area contributed by atoms with Crippen molar-refractivity contribution in [3.63, 3.8) is 0 Å². The molecule has 0 aromatic heterocycles. The highest BCUT2D eigenvalue weighted by Crippen LogP contribution is 2.28. The molecule has 1 aliphatic rings. The summed E-state index contributed by atoms with van der Waals surface area (Å²) in [5.74, 6) is 0. The monoisotopic (exact) mass is 238 g/mol. The lowest BCUT2D eigenvalue weighted by atomic mass is 10.3. The first-order valence-electron chi connectivity index (χ1n) is 4.60. The number of rotatable bonds is 2. The van der Waals surface area contributed by atoms with Crippen LogP contribution < -0.4 is 9.62 Å². The largest absolute Gasteiger partial charge is 0.336 e. The van der Waals surface area contributed by atoms with Crippen molar-refractivity contribution in [1.29, 1.82) is 0 Å². The topological polar surface area (TPSA) is 66.5 Å². The van der Waals surface area contributed by atoms with E-state index in [1.54, 1.807) is 18.2 Å². The Labute approximate surface area is 93.4 Å². The number of para-hydroxylation sites is 1. The Hall–Kier alpha value is -1.82. The van der Waals surface area contributed by atoms with Crippen LogP contribution in [0.3, 0.4) is 0 Å². The molecule has 1 heterocycles. The molecule has 1 aromatic rings. The minimum Gasteiger partial charge on any atom is -0.288 e. The van der Waals surface area contributed by atoms with Crippen LogP contribution in [-0.2, 0) is 10.0 Å². The number of sulfonamides is 1. The number of carbonyl (C=O) groups excluding carboxylic acids is 1. The van der Waals surface area contributed by atoms with Crippen LogP contribution in [0.2, 0.25) is 0 Å². The van der Waals surface area contributed by atoms with E-state index in [1.807, 2.05) is 4.72 Å². The lowest BCUT2D eigenvalue weighted by Crippen LogP contribution is -2.47. The third kappa shape index (κ3) is 1.57. The van der Waals surface area contributed by atoms with Crippen LogP contribution in [0.1, 0.15) is 0 Å². The first-order chi connectivity index (χ1) is 7.56. The Morgan fingerprint density at radius 2 is 2.06 bits per heavy atom. The standard InChI is InChI=1S/C10H10N2O3S/c1-2-7-12-8-5-3-4-6-9(8)16(14,15)11-10(12)13/h2-6H,1,7H2,(H,11,13). The fourth-order valence-corrected chi connectivity index (χ4v) is 2.71. The van der Waals surface area contributed by atoms with E-state index in [9.17, 15) is 13.2 Å². The number of carbonyl (C=O) groups is 1. The zero-order valence-electron chi connectivity index (χ0n) is 8.38. The molecule has 16 heavy (non-hydrogen) atoms. The summed E-state index contributed by atoms with van der Waals surface area (Å²) in [5.41, 5.74) is 0.381. The van der Waals surface area contributed by atoms with Gasteiger partial charge in [-0.1, -0.05) is 18.2 Å². The highest BCUT2D eigenvalue weighted by molar-refractivity contribution is 7.90. The molecule has 1 aromatic carbocycles. The molecule has 2 rings (SSSR count). The quantitative estimate of drug-likeness (QED) is 0.784. The second-order valence-electron chi connectivity index (χ2n) is 3.28. The Morgan fingerprint density at radius 3 is 2.75 bits per heavy atom. The fourth-order valence-electron chi connectivity index (χ4n) is 1.55. The molecule has 0 spiro atoms. The summed E-state index contributed by atoms with van der Waals surface area (Å²) < 4.78 is 25.3. The molecule has 0 atom stereocenters. The van der Waals surface area contributed by atoms with Crippen LogP contribution in [0.25, 0.3) is 0 Å². The van der Waals surface area contributed by atoms with E-state index in [0.717, 1.165) is 0 Å². The molecule has 1 aliphatic heterocycles. The highest BCUT2D eigenvalue weighted by atomic mass is 32.2. The number of nitrogens with one attached hydrogen (secondary N) is 1. The van der Waals surface area contributed by atoms with E-state index >= 15 is 0 Å². The zero-order valence-corrected chi connectivity index (χ0v) is 9.20. The molecule has 2 amide bonds. The second kappa shape index (κ2) is 3.64. The molecule has 84 valence electrons. The normalized spacial score (nSPS) is 17.5. The molecule has 0 fully saturated rings. The van der Waals surface area contributed by atoms with Crippen LogP contribution >= 0.6 is 0 Å². The summed E-state index contributed by atoms with van der Waals surface area (Å²) in [6, 6.07) is 5.69. The predicted molar refractivity (Wildman–Crippen MR) is 59.7 cm³/mol. The average Bonchev–Trinajstić information content (AvgIpc) is 2.24. The number of fused-ring (bicyclic) bond motifs is 1. The third-order valence-electron chi connectivity index (χ3n) is 2.22. The van der Waals surface area contributed by atoms with Crippen LogP contribution in [0.5, 0.6) is 0 Å². The van der Waals surface area contributed by atoms with E-state index in [4.69, 9.17) is 0 Å². The maximum atomic E-state index is 11.6. The summed E-state index contributed by atoms with van der Waals surface area (Å²) in [6.45, 7) is 3.79. The van der Waals surface area contributed by atoms with Crippen molar-refractivity contribution in [2.24, 2.45) is 0 Å². The van der Waals surface area contributed by atoms with Crippen molar-refractivity contribution in [3.8, 4) is 0 Å². The van der Waals surface area contributed by atoms with E-state index in [1.165, 1.54) is 17.0 Å². The van der Waals surface area contributed by atoms with Gasteiger partial charge in [-0.2, -0.15) is 0 Å². The molecule has 5 nitrogen and oxygen atoms in total. The van der Waals surface area contributed by atoms with Crippen molar-refractivity contribution in [1.82, 2.24) is 4.72 Å². The number of hydrogen-bond acceptors (Lipinski definition) is 3. The van der Waals surface area contributed by atoms with Gasteiger partial charge in [-0.3, -0.25) is 4.90 Å². The molecule has 0 saturated heterocycles. The van der Waals surface area contributed by atoms with Gasteiger partial charge in [0.2, 0.25) is 0 Å². The van der Waals surface area contributed by atoms with Gasteiger partial charge in [0.25, 0.3) is 10.0 Å². The molecule has 1 N–H and O–H groups in total. The lowest BCUT2D eigenvalue weighted by molar-refractivity contribution is 0.251. The highest BCUT2D eigenvalue weighted by Gasteiger charge is 2.32. The smallest absolute Gasteiger partial charge is 0.288 e. The SMILES string of the molecule is C=CCN1C(=O)NS(=O)(=O)c2ccccc21. The van der Waals surface area contributed by atoms with Crippen molar-refractivity contribution >= 4 is 21.7 Å². The number of benzene rings is 1. The van der Waals surface area contributed by atoms with Crippen molar-refractivity contribution in [2.45, 2.75) is 4.90 Å². The van der Waals surface area contributed by atoms with E-state index in [2.05, 4.69) is 6.58 Å². The maximum Gasteiger partial charge on any atom is 0.336 e. The summed E-state index contributed by atoms with van der Waals surface area (Å²) in [7, 11) is -3.72. The Balaban J connectivity index is 2.63. The van der Waals surface area contributed by atoms with Gasteiger partial charge in [0.1, 0.15) is 4.90 Å². The van der Waals surface area contributed by atoms with Crippen LogP contribution in [-0.4, -0.2) is 21.0 Å². The van der Waals surface area contributed by atoms with Gasteiger partial charge in [-0.15, -0.1) is 6.58 Å². The molecule has 0 bridgehead atoms. The van der Waals surface area contributed by atoms with E-state index in [0.29, 0.717) is 5.69 Å². The van der Waals surface area contributed by atoms with Gasteiger partial charge in [0.05, 0.1) is 5.69 Å². The predicted octanol–water partition coefficient (Wildman–Crippen LogP) is 1.09. The Morgan fingerprint density at radius 1 is 1.38 bits per heavy atom. The van der Waals surface area contributed by atoms with Crippen molar-refractivity contribution < 1.29 is 13.2 Å². The number of urea groups is 1. The Kier molecular flexibility index (Phi) is 2.43. The van der Waals surface area contributed by atoms with E-state index in [-0.39, 0.29) is 11.4 Å². The summed E-state index contributed by atoms with van der Waals surface area (Å²) in [6.07, 6.45) is 1.54. The van der Waals surface area contributed by atoms with Gasteiger partial charge in [-0.05, 0) is 12.1 Å². The lowest BCUT2D eigenvalue weighted by Gasteiger charge is -2.28. The summed E-state index contributed by atoms with van der Waals surface area (Å²) in [5, 5.41) is 0. The number of hydrogen-bond donors (Lipinski definition) is 1.